The minimum absolute atomic E-state index is 0.00783. The van der Waals surface area contributed by atoms with Crippen LogP contribution in [0, 0.1) is 16.6 Å². The van der Waals surface area contributed by atoms with Crippen LogP contribution in [0.3, 0.4) is 0 Å². The van der Waals surface area contributed by atoms with E-state index in [0.29, 0.717) is 17.2 Å². The second-order valence-corrected chi connectivity index (χ2v) is 6.96. The van der Waals surface area contributed by atoms with Crippen molar-refractivity contribution in [2.24, 2.45) is 5.92 Å². The summed E-state index contributed by atoms with van der Waals surface area (Å²) < 4.78 is 5.73. The summed E-state index contributed by atoms with van der Waals surface area (Å²) in [6.45, 7) is 4.24. The van der Waals surface area contributed by atoms with Crippen LogP contribution in [0.4, 0.5) is 0 Å². The summed E-state index contributed by atoms with van der Waals surface area (Å²) in [5.41, 5.74) is 0.618. The molecule has 0 saturated heterocycles. The summed E-state index contributed by atoms with van der Waals surface area (Å²) >= 11 is 1.05. The Morgan fingerprint density at radius 2 is 1.67 bits per heavy atom. The lowest BCUT2D eigenvalue weighted by Gasteiger charge is -2.13. The highest BCUT2D eigenvalue weighted by Gasteiger charge is 2.21. The first kappa shape index (κ1) is 18.1. The highest BCUT2D eigenvalue weighted by Crippen LogP contribution is 2.25. The Bertz CT molecular complexity index is 690. The average Bonchev–Trinajstić information content (AvgIpc) is 2.59. The Balaban J connectivity index is 2.05. The number of carbonyl (C=O) groups excluding carboxylic acids is 1. The molecule has 0 saturated carbocycles. The molecular formula is C20H21NO2S. The number of nitrogens with zero attached hydrogens (tertiary/aromatic N) is 1. The van der Waals surface area contributed by atoms with Crippen molar-refractivity contribution in [3.05, 3.63) is 60.2 Å². The van der Waals surface area contributed by atoms with Gasteiger partial charge in [-0.15, -0.1) is 0 Å². The zero-order valence-corrected chi connectivity index (χ0v) is 14.8. The van der Waals surface area contributed by atoms with E-state index in [1.54, 1.807) is 24.3 Å². The lowest BCUT2D eigenvalue weighted by molar-refractivity contribution is 0.0985. The van der Waals surface area contributed by atoms with Gasteiger partial charge >= 0.3 is 0 Å². The van der Waals surface area contributed by atoms with Crippen LogP contribution in [-0.4, -0.2) is 11.0 Å². The SMILES string of the molecule is CC(C)CCC(SC#N)C(=O)c1ccc(Oc2ccccc2)cc1. The number of hydrogen-bond donors (Lipinski definition) is 0. The highest BCUT2D eigenvalue weighted by atomic mass is 32.2. The molecule has 2 aromatic carbocycles. The number of thioether (sulfide) groups is 1. The Hall–Kier alpha value is -2.25. The van der Waals surface area contributed by atoms with Gasteiger partial charge in [-0.05, 0) is 66.9 Å². The molecule has 24 heavy (non-hydrogen) atoms. The molecule has 2 aromatic rings. The van der Waals surface area contributed by atoms with Gasteiger partial charge < -0.3 is 4.74 Å². The van der Waals surface area contributed by atoms with Crippen LogP contribution < -0.4 is 4.74 Å². The number of thiocyanates is 1. The first-order valence-corrected chi connectivity index (χ1v) is 8.90. The largest absolute Gasteiger partial charge is 0.457 e. The van der Waals surface area contributed by atoms with Crippen molar-refractivity contribution in [2.45, 2.75) is 31.9 Å². The van der Waals surface area contributed by atoms with Crippen LogP contribution in [0.2, 0.25) is 0 Å². The first-order chi connectivity index (χ1) is 11.6. The lowest BCUT2D eigenvalue weighted by atomic mass is 10.0. The molecule has 0 radical (unpaired) electrons. The van der Waals surface area contributed by atoms with E-state index in [0.717, 1.165) is 30.4 Å². The number of benzene rings is 2. The van der Waals surface area contributed by atoms with Gasteiger partial charge in [0.05, 0.1) is 5.25 Å². The molecule has 0 aliphatic rings. The molecule has 0 spiro atoms. The number of hydrogen-bond acceptors (Lipinski definition) is 4. The number of para-hydroxylation sites is 1. The lowest BCUT2D eigenvalue weighted by Crippen LogP contribution is -2.17. The van der Waals surface area contributed by atoms with E-state index in [1.807, 2.05) is 30.3 Å². The molecule has 2 rings (SSSR count). The van der Waals surface area contributed by atoms with Gasteiger partial charge in [0.2, 0.25) is 0 Å². The first-order valence-electron chi connectivity index (χ1n) is 8.02. The Morgan fingerprint density at radius 3 is 2.25 bits per heavy atom. The fraction of sp³-hybridized carbons (Fsp3) is 0.300. The molecule has 0 heterocycles. The zero-order chi connectivity index (χ0) is 17.4. The van der Waals surface area contributed by atoms with Gasteiger partial charge in [-0.25, -0.2) is 0 Å². The maximum absolute atomic E-state index is 12.6. The molecular weight excluding hydrogens is 318 g/mol. The maximum Gasteiger partial charge on any atom is 0.176 e. The number of nitriles is 1. The fourth-order valence-corrected chi connectivity index (χ4v) is 2.91. The Kier molecular flexibility index (Phi) is 6.89. The summed E-state index contributed by atoms with van der Waals surface area (Å²) in [6.07, 6.45) is 1.65. The molecule has 0 bridgehead atoms. The van der Waals surface area contributed by atoms with Crippen LogP contribution in [0.25, 0.3) is 0 Å². The predicted octanol–water partition coefficient (Wildman–Crippen LogP) is 5.68. The minimum atomic E-state index is -0.307. The predicted molar refractivity (Wildman–Crippen MR) is 98.4 cm³/mol. The smallest absolute Gasteiger partial charge is 0.176 e. The summed E-state index contributed by atoms with van der Waals surface area (Å²) in [5.74, 6) is 1.96. The van der Waals surface area contributed by atoms with Gasteiger partial charge in [0, 0.05) is 5.56 Å². The molecule has 1 atom stereocenters. The molecule has 0 N–H and O–H groups in total. The van der Waals surface area contributed by atoms with E-state index in [-0.39, 0.29) is 11.0 Å². The van der Waals surface area contributed by atoms with E-state index >= 15 is 0 Å². The molecule has 4 heteroatoms. The second-order valence-electron chi connectivity index (χ2n) is 5.97. The summed E-state index contributed by atoms with van der Waals surface area (Å²) in [7, 11) is 0. The van der Waals surface area contributed by atoms with Crippen LogP contribution >= 0.6 is 11.8 Å². The minimum Gasteiger partial charge on any atom is -0.457 e. The van der Waals surface area contributed by atoms with E-state index in [1.165, 1.54) is 0 Å². The molecule has 0 aromatic heterocycles. The fourth-order valence-electron chi connectivity index (χ4n) is 2.29. The van der Waals surface area contributed by atoms with E-state index in [4.69, 9.17) is 10.00 Å². The molecule has 0 aliphatic carbocycles. The van der Waals surface area contributed by atoms with E-state index in [9.17, 15) is 4.79 Å². The van der Waals surface area contributed by atoms with Gasteiger partial charge in [0.15, 0.2) is 5.78 Å². The van der Waals surface area contributed by atoms with Crippen molar-refractivity contribution < 1.29 is 9.53 Å². The van der Waals surface area contributed by atoms with Crippen LogP contribution in [0.1, 0.15) is 37.0 Å². The topological polar surface area (TPSA) is 50.1 Å². The van der Waals surface area contributed by atoms with Crippen molar-refractivity contribution in [3.8, 4) is 16.9 Å². The van der Waals surface area contributed by atoms with Crippen LogP contribution in [0.15, 0.2) is 54.6 Å². The maximum atomic E-state index is 12.6. The number of rotatable bonds is 8. The molecule has 0 fully saturated rings. The van der Waals surface area contributed by atoms with Gasteiger partial charge in [-0.3, -0.25) is 4.79 Å². The molecule has 0 aliphatic heterocycles. The van der Waals surface area contributed by atoms with Gasteiger partial charge in [-0.2, -0.15) is 5.26 Å². The standard InChI is InChI=1S/C20H21NO2S/c1-15(2)8-13-19(24-14-21)20(22)16-9-11-18(12-10-16)23-17-6-4-3-5-7-17/h3-7,9-12,15,19H,8,13H2,1-2H3. The number of carbonyl (C=O) groups is 1. The van der Waals surface area contributed by atoms with E-state index in [2.05, 4.69) is 19.2 Å². The quantitative estimate of drug-likeness (QED) is 0.458. The monoisotopic (exact) mass is 339 g/mol. The second kappa shape index (κ2) is 9.14. The summed E-state index contributed by atoms with van der Waals surface area (Å²) in [4.78, 5) is 12.6. The third kappa shape index (κ3) is 5.43. The molecule has 1 unspecified atom stereocenters. The number of ketones is 1. The number of Topliss-reactive ketones (excluding diaryl/α,β-unsaturated/α-hetero) is 1. The number of ether oxygens (including phenoxy) is 1. The van der Waals surface area contributed by atoms with Gasteiger partial charge in [-0.1, -0.05) is 32.0 Å². The Morgan fingerprint density at radius 1 is 1.04 bits per heavy atom. The highest BCUT2D eigenvalue weighted by molar-refractivity contribution is 8.05. The van der Waals surface area contributed by atoms with Crippen molar-refractivity contribution in [1.29, 1.82) is 5.26 Å². The summed E-state index contributed by atoms with van der Waals surface area (Å²) in [5, 5.41) is 10.7. The third-order valence-corrected chi connectivity index (χ3v) is 4.45. The van der Waals surface area contributed by atoms with Crippen molar-refractivity contribution in [1.82, 2.24) is 0 Å². The van der Waals surface area contributed by atoms with Gasteiger partial charge in [0.25, 0.3) is 0 Å². The van der Waals surface area contributed by atoms with Crippen molar-refractivity contribution >= 4 is 17.5 Å². The normalized spacial score (nSPS) is 11.8. The molecule has 3 nitrogen and oxygen atoms in total. The zero-order valence-electron chi connectivity index (χ0n) is 13.9. The summed E-state index contributed by atoms with van der Waals surface area (Å²) in [6, 6.07) is 16.6. The Labute approximate surface area is 147 Å². The van der Waals surface area contributed by atoms with E-state index < -0.39 is 0 Å². The molecule has 124 valence electrons. The van der Waals surface area contributed by atoms with Crippen LogP contribution in [0.5, 0.6) is 11.5 Å². The van der Waals surface area contributed by atoms with Crippen molar-refractivity contribution in [3.63, 3.8) is 0 Å². The van der Waals surface area contributed by atoms with Gasteiger partial charge in [0.1, 0.15) is 16.9 Å². The average molecular weight is 339 g/mol. The third-order valence-electron chi connectivity index (χ3n) is 3.61. The van der Waals surface area contributed by atoms with Crippen LogP contribution in [-0.2, 0) is 0 Å². The molecule has 0 amide bonds. The van der Waals surface area contributed by atoms with Crippen molar-refractivity contribution in [2.75, 3.05) is 0 Å².